The maximum Gasteiger partial charge on any atom is 0.330 e. The van der Waals surface area contributed by atoms with E-state index in [0.717, 1.165) is 19.3 Å². The molecule has 0 bridgehead atoms. The van der Waals surface area contributed by atoms with Crippen LogP contribution in [0.2, 0.25) is 0 Å². The fourth-order valence-corrected chi connectivity index (χ4v) is 2.15. The van der Waals surface area contributed by atoms with Crippen molar-refractivity contribution in [2.24, 2.45) is 0 Å². The number of hydrogen-bond donors (Lipinski definition) is 0. The molecule has 0 amide bonds. The number of fused-ring (bicyclic) bond motifs is 1. The van der Waals surface area contributed by atoms with Crippen molar-refractivity contribution in [1.29, 1.82) is 0 Å². The largest absolute Gasteiger partial charge is 0.463 e. The molecule has 0 heterocycles. The maximum atomic E-state index is 11.3. The Morgan fingerprint density at radius 3 is 3.00 bits per heavy atom. The van der Waals surface area contributed by atoms with Gasteiger partial charge in [-0.3, -0.25) is 0 Å². The third-order valence-electron chi connectivity index (χ3n) is 3.03. The Hall–Kier alpha value is -1.83. The molecule has 0 N–H and O–H groups in total. The van der Waals surface area contributed by atoms with Crippen LogP contribution in [0.25, 0.3) is 6.08 Å². The summed E-state index contributed by atoms with van der Waals surface area (Å²) in [6.45, 7) is 2.23. The smallest absolute Gasteiger partial charge is 0.330 e. The highest BCUT2D eigenvalue weighted by atomic mass is 16.5. The van der Waals surface area contributed by atoms with Crippen LogP contribution in [0.1, 0.15) is 30.9 Å². The van der Waals surface area contributed by atoms with Gasteiger partial charge in [-0.15, -0.1) is 0 Å². The molecule has 2 nitrogen and oxygen atoms in total. The van der Waals surface area contributed by atoms with Gasteiger partial charge in [-0.25, -0.2) is 4.79 Å². The molecule has 0 saturated heterocycles. The first-order valence-electron chi connectivity index (χ1n) is 6.43. The molecule has 0 radical (unpaired) electrons. The molecule has 2 rings (SSSR count). The summed E-state index contributed by atoms with van der Waals surface area (Å²) in [5, 5.41) is 0. The first-order valence-corrected chi connectivity index (χ1v) is 6.43. The fraction of sp³-hybridized carbons (Fsp3) is 0.312. The summed E-state index contributed by atoms with van der Waals surface area (Å²) in [6, 6.07) is 8.42. The van der Waals surface area contributed by atoms with Crippen LogP contribution < -0.4 is 0 Å². The van der Waals surface area contributed by atoms with E-state index in [0.29, 0.717) is 6.61 Å². The average Bonchev–Trinajstić information content (AvgIpc) is 2.58. The predicted molar refractivity (Wildman–Crippen MR) is 73.1 cm³/mol. The van der Waals surface area contributed by atoms with Crippen LogP contribution in [0.5, 0.6) is 0 Å². The molecule has 0 fully saturated rings. The van der Waals surface area contributed by atoms with Crippen LogP contribution in [0.15, 0.2) is 42.0 Å². The van der Waals surface area contributed by atoms with E-state index in [1.165, 1.54) is 22.8 Å². The van der Waals surface area contributed by atoms with Crippen molar-refractivity contribution in [3.63, 3.8) is 0 Å². The number of allylic oxidation sites excluding steroid dienone is 2. The van der Waals surface area contributed by atoms with E-state index in [1.807, 2.05) is 19.1 Å². The van der Waals surface area contributed by atoms with Gasteiger partial charge in [0.1, 0.15) is 0 Å². The monoisotopic (exact) mass is 242 g/mol. The normalized spacial score (nSPS) is 14.8. The summed E-state index contributed by atoms with van der Waals surface area (Å²) in [5.41, 5.74) is 3.84. The highest BCUT2D eigenvalue weighted by Crippen LogP contribution is 2.23. The van der Waals surface area contributed by atoms with Gasteiger partial charge < -0.3 is 4.74 Å². The second-order valence-electron chi connectivity index (χ2n) is 4.36. The second kappa shape index (κ2) is 6.20. The van der Waals surface area contributed by atoms with Crippen LogP contribution >= 0.6 is 0 Å². The molecule has 18 heavy (non-hydrogen) atoms. The minimum absolute atomic E-state index is 0.268. The number of rotatable bonds is 3. The Morgan fingerprint density at radius 2 is 2.17 bits per heavy atom. The SMILES string of the molecule is CCOC(=O)C=CC1=Cc2ccccc2CCC1. The first-order chi connectivity index (χ1) is 8.79. The first kappa shape index (κ1) is 12.6. The number of carbonyl (C=O) groups excluding carboxylic acids is 1. The van der Waals surface area contributed by atoms with Crippen molar-refractivity contribution in [2.45, 2.75) is 26.2 Å². The molecule has 0 unspecified atom stereocenters. The van der Waals surface area contributed by atoms with Crippen molar-refractivity contribution < 1.29 is 9.53 Å². The molecule has 94 valence electrons. The number of esters is 1. The Balaban J connectivity index is 2.15. The zero-order chi connectivity index (χ0) is 12.8. The number of ether oxygens (including phenoxy) is 1. The highest BCUT2D eigenvalue weighted by Gasteiger charge is 2.06. The molecule has 1 aliphatic rings. The molecular weight excluding hydrogens is 224 g/mol. The minimum Gasteiger partial charge on any atom is -0.463 e. The van der Waals surface area contributed by atoms with Gasteiger partial charge in [0.25, 0.3) is 0 Å². The van der Waals surface area contributed by atoms with E-state index in [-0.39, 0.29) is 5.97 Å². The van der Waals surface area contributed by atoms with Gasteiger partial charge in [-0.2, -0.15) is 0 Å². The van der Waals surface area contributed by atoms with Crippen LogP contribution in [-0.2, 0) is 16.0 Å². The van der Waals surface area contributed by atoms with Crippen molar-refractivity contribution >= 4 is 12.0 Å². The van der Waals surface area contributed by atoms with Gasteiger partial charge in [0, 0.05) is 6.08 Å². The lowest BCUT2D eigenvalue weighted by Crippen LogP contribution is -1.98. The summed E-state index contributed by atoms with van der Waals surface area (Å²) in [5.74, 6) is -0.268. The van der Waals surface area contributed by atoms with Crippen LogP contribution in [0, 0.1) is 0 Å². The molecule has 0 spiro atoms. The quantitative estimate of drug-likeness (QED) is 0.598. The Morgan fingerprint density at radius 1 is 1.33 bits per heavy atom. The summed E-state index contributed by atoms with van der Waals surface area (Å²) < 4.78 is 4.88. The fourth-order valence-electron chi connectivity index (χ4n) is 2.15. The second-order valence-corrected chi connectivity index (χ2v) is 4.36. The van der Waals surface area contributed by atoms with Gasteiger partial charge in [0.05, 0.1) is 6.61 Å². The summed E-state index contributed by atoms with van der Waals surface area (Å²) in [7, 11) is 0. The molecule has 1 aliphatic carbocycles. The predicted octanol–water partition coefficient (Wildman–Crippen LogP) is 3.53. The zero-order valence-corrected chi connectivity index (χ0v) is 10.7. The standard InChI is InChI=1S/C16H18O2/c1-2-18-16(17)11-10-13-6-5-9-14-7-3-4-8-15(14)12-13/h3-4,7-8,10-12H,2,5-6,9H2,1H3. The molecule has 1 aromatic carbocycles. The lowest BCUT2D eigenvalue weighted by Gasteiger charge is -2.00. The number of hydrogen-bond acceptors (Lipinski definition) is 2. The maximum absolute atomic E-state index is 11.3. The summed E-state index contributed by atoms with van der Waals surface area (Å²) in [4.78, 5) is 11.3. The molecule has 2 heteroatoms. The topological polar surface area (TPSA) is 26.3 Å². The van der Waals surface area contributed by atoms with Crippen molar-refractivity contribution in [3.05, 3.63) is 53.1 Å². The number of benzene rings is 1. The van der Waals surface area contributed by atoms with E-state index in [2.05, 4.69) is 24.3 Å². The van der Waals surface area contributed by atoms with E-state index in [9.17, 15) is 4.79 Å². The van der Waals surface area contributed by atoms with Gasteiger partial charge in [0.15, 0.2) is 0 Å². The van der Waals surface area contributed by atoms with E-state index in [1.54, 1.807) is 0 Å². The molecular formula is C16H18O2. The molecule has 0 aromatic heterocycles. The zero-order valence-electron chi connectivity index (χ0n) is 10.7. The van der Waals surface area contributed by atoms with Gasteiger partial charge in [-0.1, -0.05) is 36.4 Å². The van der Waals surface area contributed by atoms with E-state index >= 15 is 0 Å². The van der Waals surface area contributed by atoms with Crippen molar-refractivity contribution in [3.8, 4) is 0 Å². The number of carbonyl (C=O) groups is 1. The molecule has 0 saturated carbocycles. The van der Waals surface area contributed by atoms with Gasteiger partial charge >= 0.3 is 5.97 Å². The van der Waals surface area contributed by atoms with Crippen LogP contribution in [0.4, 0.5) is 0 Å². The number of aryl methyl sites for hydroxylation is 1. The third kappa shape index (κ3) is 3.33. The molecule has 0 aliphatic heterocycles. The minimum atomic E-state index is -0.268. The molecule has 1 aromatic rings. The Kier molecular flexibility index (Phi) is 4.35. The van der Waals surface area contributed by atoms with Gasteiger partial charge in [0.2, 0.25) is 0 Å². The van der Waals surface area contributed by atoms with E-state index < -0.39 is 0 Å². The lowest BCUT2D eigenvalue weighted by molar-refractivity contribution is -0.137. The summed E-state index contributed by atoms with van der Waals surface area (Å²) in [6.07, 6.45) is 8.78. The van der Waals surface area contributed by atoms with Crippen LogP contribution in [-0.4, -0.2) is 12.6 Å². The summed E-state index contributed by atoms with van der Waals surface area (Å²) >= 11 is 0. The Labute approximate surface area is 108 Å². The van der Waals surface area contributed by atoms with Crippen molar-refractivity contribution in [2.75, 3.05) is 6.61 Å². The molecule has 0 atom stereocenters. The third-order valence-corrected chi connectivity index (χ3v) is 3.03. The highest BCUT2D eigenvalue weighted by molar-refractivity contribution is 5.83. The van der Waals surface area contributed by atoms with Gasteiger partial charge in [-0.05, 0) is 42.9 Å². The lowest BCUT2D eigenvalue weighted by atomic mass is 10.1. The Bertz CT molecular complexity index is 484. The average molecular weight is 242 g/mol. The van der Waals surface area contributed by atoms with E-state index in [4.69, 9.17) is 4.74 Å². The van der Waals surface area contributed by atoms with Crippen LogP contribution in [0.3, 0.4) is 0 Å². The van der Waals surface area contributed by atoms with Crippen molar-refractivity contribution in [1.82, 2.24) is 0 Å².